The Labute approximate surface area is 108 Å². The van der Waals surface area contributed by atoms with Crippen molar-refractivity contribution in [1.29, 1.82) is 0 Å². The Kier molecular flexibility index (Phi) is 3.96. The molecule has 0 radical (unpaired) electrons. The molecular formula is C13H26N2OS. The van der Waals surface area contributed by atoms with Gasteiger partial charge in [-0.15, -0.1) is 0 Å². The van der Waals surface area contributed by atoms with E-state index in [1.165, 1.54) is 12.8 Å². The van der Waals surface area contributed by atoms with Crippen molar-refractivity contribution in [2.45, 2.75) is 51.2 Å². The van der Waals surface area contributed by atoms with Crippen molar-refractivity contribution >= 4 is 10.8 Å². The maximum atomic E-state index is 11.4. The molecule has 4 atom stereocenters. The monoisotopic (exact) mass is 258 g/mol. The van der Waals surface area contributed by atoms with Gasteiger partial charge in [0.05, 0.1) is 0 Å². The quantitative estimate of drug-likeness (QED) is 0.823. The molecular weight excluding hydrogens is 232 g/mol. The molecule has 2 rings (SSSR count). The van der Waals surface area contributed by atoms with Crippen LogP contribution in [0.15, 0.2) is 0 Å². The highest BCUT2D eigenvalue weighted by Crippen LogP contribution is 2.41. The summed E-state index contributed by atoms with van der Waals surface area (Å²) in [5.41, 5.74) is 0.288. The van der Waals surface area contributed by atoms with Crippen LogP contribution in [-0.2, 0) is 10.8 Å². The zero-order chi connectivity index (χ0) is 12.6. The first-order valence-electron chi connectivity index (χ1n) is 6.73. The standard InChI is InChI=1S/C13H26N2OS/c1-10-7-14-13(3,12-5-6-12)9-15(10)11(2)8-17(4)16/h10-12,14H,5-9H2,1-4H3. The van der Waals surface area contributed by atoms with Gasteiger partial charge in [-0.25, -0.2) is 0 Å². The summed E-state index contributed by atoms with van der Waals surface area (Å²) in [7, 11) is -0.694. The van der Waals surface area contributed by atoms with Crippen molar-refractivity contribution in [2.75, 3.05) is 25.1 Å². The molecule has 17 heavy (non-hydrogen) atoms. The van der Waals surface area contributed by atoms with Crippen molar-refractivity contribution < 1.29 is 4.21 Å². The number of rotatable bonds is 4. The van der Waals surface area contributed by atoms with Crippen molar-refractivity contribution in [3.05, 3.63) is 0 Å². The van der Waals surface area contributed by atoms with E-state index in [4.69, 9.17) is 0 Å². The average molecular weight is 258 g/mol. The van der Waals surface area contributed by atoms with Crippen LogP contribution in [0.4, 0.5) is 0 Å². The fourth-order valence-electron chi connectivity index (χ4n) is 3.11. The molecule has 1 heterocycles. The number of hydrogen-bond donors (Lipinski definition) is 1. The third-order valence-corrected chi connectivity index (χ3v) is 5.35. The SMILES string of the molecule is CC1CNC(C)(C2CC2)CN1C(C)CS(C)=O. The van der Waals surface area contributed by atoms with Crippen LogP contribution in [0.25, 0.3) is 0 Å². The Balaban J connectivity index is 2.01. The van der Waals surface area contributed by atoms with Gasteiger partial charge < -0.3 is 5.32 Å². The van der Waals surface area contributed by atoms with E-state index in [0.717, 1.165) is 24.8 Å². The Morgan fingerprint density at radius 2 is 2.18 bits per heavy atom. The smallest absolute Gasteiger partial charge is 0.0385 e. The largest absolute Gasteiger partial charge is 0.308 e. The number of nitrogens with one attached hydrogen (secondary N) is 1. The zero-order valence-corrected chi connectivity index (χ0v) is 12.3. The highest BCUT2D eigenvalue weighted by Gasteiger charge is 2.46. The number of nitrogens with zero attached hydrogens (tertiary/aromatic N) is 1. The van der Waals surface area contributed by atoms with Crippen LogP contribution in [0, 0.1) is 5.92 Å². The molecule has 1 N–H and O–H groups in total. The fraction of sp³-hybridized carbons (Fsp3) is 1.00. The normalized spacial score (nSPS) is 38.9. The van der Waals surface area contributed by atoms with Gasteiger partial charge in [-0.2, -0.15) is 0 Å². The van der Waals surface area contributed by atoms with Crippen LogP contribution in [0.1, 0.15) is 33.6 Å². The van der Waals surface area contributed by atoms with E-state index in [-0.39, 0.29) is 5.54 Å². The molecule has 4 heteroatoms. The third kappa shape index (κ3) is 3.09. The molecule has 0 amide bonds. The van der Waals surface area contributed by atoms with E-state index in [2.05, 4.69) is 31.0 Å². The second-order valence-electron chi connectivity index (χ2n) is 6.18. The van der Waals surface area contributed by atoms with E-state index in [9.17, 15) is 4.21 Å². The molecule has 0 bridgehead atoms. The summed E-state index contributed by atoms with van der Waals surface area (Å²) in [4.78, 5) is 2.55. The van der Waals surface area contributed by atoms with Gasteiger partial charge in [0.1, 0.15) is 0 Å². The number of piperazine rings is 1. The lowest BCUT2D eigenvalue weighted by Gasteiger charge is -2.48. The lowest BCUT2D eigenvalue weighted by Crippen LogP contribution is -2.65. The Bertz CT molecular complexity index is 306. The fourth-order valence-corrected chi connectivity index (χ4v) is 3.98. The predicted octanol–water partition coefficient (Wildman–Crippen LogP) is 1.22. The van der Waals surface area contributed by atoms with Crippen molar-refractivity contribution in [3.8, 4) is 0 Å². The van der Waals surface area contributed by atoms with E-state index < -0.39 is 10.8 Å². The summed E-state index contributed by atoms with van der Waals surface area (Å²) >= 11 is 0. The summed E-state index contributed by atoms with van der Waals surface area (Å²) in [6, 6.07) is 0.983. The highest BCUT2D eigenvalue weighted by atomic mass is 32.2. The second-order valence-corrected chi connectivity index (χ2v) is 7.66. The first kappa shape index (κ1) is 13.5. The van der Waals surface area contributed by atoms with E-state index >= 15 is 0 Å². The number of hydrogen-bond acceptors (Lipinski definition) is 3. The zero-order valence-electron chi connectivity index (χ0n) is 11.5. The lowest BCUT2D eigenvalue weighted by molar-refractivity contribution is 0.0594. The van der Waals surface area contributed by atoms with Crippen LogP contribution < -0.4 is 5.32 Å². The van der Waals surface area contributed by atoms with Gasteiger partial charge in [-0.1, -0.05) is 0 Å². The maximum Gasteiger partial charge on any atom is 0.0385 e. The molecule has 1 aliphatic heterocycles. The topological polar surface area (TPSA) is 32.3 Å². The molecule has 2 aliphatic rings. The van der Waals surface area contributed by atoms with Gasteiger partial charge in [0.15, 0.2) is 0 Å². The lowest BCUT2D eigenvalue weighted by atomic mass is 9.90. The summed E-state index contributed by atoms with van der Waals surface area (Å²) < 4.78 is 11.4. The van der Waals surface area contributed by atoms with Crippen molar-refractivity contribution in [1.82, 2.24) is 10.2 Å². The van der Waals surface area contributed by atoms with Gasteiger partial charge in [-0.05, 0) is 39.5 Å². The average Bonchev–Trinajstić information content (AvgIpc) is 3.04. The van der Waals surface area contributed by atoms with Gasteiger partial charge in [0, 0.05) is 53.5 Å². The maximum absolute atomic E-state index is 11.4. The van der Waals surface area contributed by atoms with E-state index in [1.54, 1.807) is 0 Å². The highest BCUT2D eigenvalue weighted by molar-refractivity contribution is 7.84. The molecule has 2 fully saturated rings. The van der Waals surface area contributed by atoms with Crippen molar-refractivity contribution in [3.63, 3.8) is 0 Å². The predicted molar refractivity (Wildman–Crippen MR) is 73.7 cm³/mol. The summed E-state index contributed by atoms with van der Waals surface area (Å²) in [6.07, 6.45) is 4.56. The first-order valence-corrected chi connectivity index (χ1v) is 8.46. The van der Waals surface area contributed by atoms with Crippen LogP contribution >= 0.6 is 0 Å². The van der Waals surface area contributed by atoms with E-state index in [0.29, 0.717) is 12.1 Å². The molecule has 100 valence electrons. The molecule has 0 spiro atoms. The van der Waals surface area contributed by atoms with Gasteiger partial charge >= 0.3 is 0 Å². The van der Waals surface area contributed by atoms with Gasteiger partial charge in [0.25, 0.3) is 0 Å². The van der Waals surface area contributed by atoms with Crippen LogP contribution in [0.2, 0.25) is 0 Å². The van der Waals surface area contributed by atoms with Crippen LogP contribution in [-0.4, -0.2) is 51.8 Å². The molecule has 4 unspecified atom stereocenters. The molecule has 0 aromatic heterocycles. The Morgan fingerprint density at radius 3 is 2.71 bits per heavy atom. The van der Waals surface area contributed by atoms with E-state index in [1.807, 2.05) is 6.26 Å². The molecule has 0 aromatic rings. The van der Waals surface area contributed by atoms with Crippen LogP contribution in [0.5, 0.6) is 0 Å². The molecule has 1 aliphatic carbocycles. The summed E-state index contributed by atoms with van der Waals surface area (Å²) in [5.74, 6) is 1.65. The summed E-state index contributed by atoms with van der Waals surface area (Å²) in [5, 5.41) is 3.73. The molecule has 3 nitrogen and oxygen atoms in total. The van der Waals surface area contributed by atoms with Crippen molar-refractivity contribution in [2.24, 2.45) is 5.92 Å². The van der Waals surface area contributed by atoms with Gasteiger partial charge in [-0.3, -0.25) is 9.11 Å². The Morgan fingerprint density at radius 1 is 1.53 bits per heavy atom. The minimum atomic E-state index is -0.694. The Hall–Kier alpha value is 0.0700. The van der Waals surface area contributed by atoms with Gasteiger partial charge in [0.2, 0.25) is 0 Å². The minimum Gasteiger partial charge on any atom is -0.308 e. The second kappa shape index (κ2) is 4.98. The first-order chi connectivity index (χ1) is 7.92. The molecule has 1 saturated carbocycles. The molecule has 0 aromatic carbocycles. The third-order valence-electron chi connectivity index (χ3n) is 4.40. The minimum absolute atomic E-state index is 0.288. The van der Waals surface area contributed by atoms with Crippen LogP contribution in [0.3, 0.4) is 0 Å². The summed E-state index contributed by atoms with van der Waals surface area (Å²) in [6.45, 7) is 9.02. The molecule has 1 saturated heterocycles.